The van der Waals surface area contributed by atoms with E-state index in [1.165, 1.54) is 37.9 Å². The monoisotopic (exact) mass is 339 g/mol. The normalized spacial score (nSPS) is 14.9. The fourth-order valence-electron chi connectivity index (χ4n) is 3.45. The molecule has 132 valence electrons. The van der Waals surface area contributed by atoms with Crippen LogP contribution in [0, 0.1) is 0 Å². The molecule has 2 aromatic rings. The largest absolute Gasteiger partial charge is 0.496 e. The number of anilines is 1. The highest BCUT2D eigenvalue weighted by Gasteiger charge is 2.14. The summed E-state index contributed by atoms with van der Waals surface area (Å²) in [7, 11) is 1.62. The number of rotatable bonds is 6. The second-order valence-electron chi connectivity index (χ2n) is 6.72. The van der Waals surface area contributed by atoms with Crippen molar-refractivity contribution in [3.63, 3.8) is 0 Å². The van der Waals surface area contributed by atoms with E-state index < -0.39 is 0 Å². The van der Waals surface area contributed by atoms with Gasteiger partial charge in [-0.05, 0) is 37.5 Å². The van der Waals surface area contributed by atoms with E-state index in [-0.39, 0.29) is 5.91 Å². The van der Waals surface area contributed by atoms with Crippen molar-refractivity contribution in [2.24, 2.45) is 0 Å². The molecule has 0 unspecified atom stereocenters. The van der Waals surface area contributed by atoms with Gasteiger partial charge in [-0.15, -0.1) is 0 Å². The predicted octanol–water partition coefficient (Wildman–Crippen LogP) is 2.45. The van der Waals surface area contributed by atoms with Crippen molar-refractivity contribution in [2.45, 2.75) is 32.2 Å². The predicted molar refractivity (Wildman–Crippen MR) is 100 cm³/mol. The van der Waals surface area contributed by atoms with Gasteiger partial charge in [0.25, 0.3) is 0 Å². The Morgan fingerprint density at radius 3 is 2.48 bits per heavy atom. The number of carbonyl (C=O) groups excluding carboxylic acids is 1. The molecule has 1 aliphatic rings. The highest BCUT2D eigenvalue weighted by molar-refractivity contribution is 5.92. The van der Waals surface area contributed by atoms with Gasteiger partial charge >= 0.3 is 0 Å². The van der Waals surface area contributed by atoms with Crippen LogP contribution in [0.3, 0.4) is 0 Å². The molecule has 0 radical (unpaired) electrons. The van der Waals surface area contributed by atoms with Gasteiger partial charge in [0.2, 0.25) is 5.91 Å². The number of benzene rings is 2. The molecule has 0 spiro atoms. The van der Waals surface area contributed by atoms with Gasteiger partial charge in [0.05, 0.1) is 26.6 Å². The molecule has 3 rings (SSSR count). The lowest BCUT2D eigenvalue weighted by molar-refractivity contribution is -0.918. The standard InChI is InChI=1S/C21H26N2O2/c1-25-20-8-4-3-7-18(20)15-21(24)22-19-11-9-17(10-12-19)16-23-13-5-2-6-14-23/h3-4,7-12H,2,5-6,13-16H2,1H3,(H,22,24)/p+1. The zero-order valence-electron chi connectivity index (χ0n) is 14.9. The molecule has 0 bridgehead atoms. The van der Waals surface area contributed by atoms with Crippen LogP contribution in [0.25, 0.3) is 0 Å². The first-order valence-corrected chi connectivity index (χ1v) is 9.09. The van der Waals surface area contributed by atoms with Crippen molar-refractivity contribution < 1.29 is 14.4 Å². The Bertz CT molecular complexity index is 691. The van der Waals surface area contributed by atoms with E-state index in [0.29, 0.717) is 6.42 Å². The molecular weight excluding hydrogens is 312 g/mol. The molecule has 4 heteroatoms. The number of likely N-dealkylation sites (tertiary alicyclic amines) is 1. The van der Waals surface area contributed by atoms with Gasteiger partial charge in [-0.3, -0.25) is 4.79 Å². The van der Waals surface area contributed by atoms with E-state index in [4.69, 9.17) is 4.74 Å². The molecule has 2 N–H and O–H groups in total. The molecule has 0 atom stereocenters. The summed E-state index contributed by atoms with van der Waals surface area (Å²) < 4.78 is 5.30. The molecular formula is C21H27N2O2+. The second kappa shape index (κ2) is 8.67. The van der Waals surface area contributed by atoms with E-state index in [0.717, 1.165) is 23.5 Å². The Hall–Kier alpha value is -2.33. The van der Waals surface area contributed by atoms with Gasteiger partial charge in [-0.1, -0.05) is 30.3 Å². The van der Waals surface area contributed by atoms with Crippen molar-refractivity contribution in [1.29, 1.82) is 0 Å². The third-order valence-corrected chi connectivity index (χ3v) is 4.80. The van der Waals surface area contributed by atoms with E-state index in [2.05, 4.69) is 17.4 Å². The zero-order chi connectivity index (χ0) is 17.5. The molecule has 1 aliphatic heterocycles. The molecule has 1 fully saturated rings. The zero-order valence-corrected chi connectivity index (χ0v) is 14.9. The molecule has 0 aromatic heterocycles. The van der Waals surface area contributed by atoms with Crippen molar-refractivity contribution in [2.75, 3.05) is 25.5 Å². The van der Waals surface area contributed by atoms with Crippen molar-refractivity contribution in [3.05, 3.63) is 59.7 Å². The van der Waals surface area contributed by atoms with E-state index in [9.17, 15) is 4.79 Å². The van der Waals surface area contributed by atoms with Crippen LogP contribution in [-0.4, -0.2) is 26.1 Å². The minimum absolute atomic E-state index is 0.0288. The summed E-state index contributed by atoms with van der Waals surface area (Å²) in [4.78, 5) is 13.9. The Labute approximate surface area is 149 Å². The van der Waals surface area contributed by atoms with Crippen LogP contribution in [0.2, 0.25) is 0 Å². The van der Waals surface area contributed by atoms with Crippen molar-refractivity contribution >= 4 is 11.6 Å². The molecule has 1 saturated heterocycles. The van der Waals surface area contributed by atoms with Crippen LogP contribution in [0.1, 0.15) is 30.4 Å². The third kappa shape index (κ3) is 5.07. The molecule has 1 heterocycles. The van der Waals surface area contributed by atoms with Crippen LogP contribution < -0.4 is 15.0 Å². The van der Waals surface area contributed by atoms with E-state index in [1.54, 1.807) is 12.0 Å². The molecule has 0 saturated carbocycles. The lowest BCUT2D eigenvalue weighted by Gasteiger charge is -2.23. The maximum absolute atomic E-state index is 12.3. The number of carbonyl (C=O) groups is 1. The Balaban J connectivity index is 1.54. The van der Waals surface area contributed by atoms with Crippen LogP contribution in [0.5, 0.6) is 5.75 Å². The number of hydrogen-bond acceptors (Lipinski definition) is 2. The van der Waals surface area contributed by atoms with Gasteiger partial charge < -0.3 is 15.0 Å². The summed E-state index contributed by atoms with van der Waals surface area (Å²) in [5, 5.41) is 2.97. The first-order chi connectivity index (χ1) is 12.2. The maximum atomic E-state index is 12.3. The van der Waals surface area contributed by atoms with Crippen LogP contribution in [0.15, 0.2) is 48.5 Å². The maximum Gasteiger partial charge on any atom is 0.228 e. The van der Waals surface area contributed by atoms with Crippen LogP contribution in [0.4, 0.5) is 5.69 Å². The summed E-state index contributed by atoms with van der Waals surface area (Å²) >= 11 is 0. The number of nitrogens with one attached hydrogen (secondary N) is 2. The molecule has 2 aromatic carbocycles. The van der Waals surface area contributed by atoms with Gasteiger partial charge in [-0.2, -0.15) is 0 Å². The van der Waals surface area contributed by atoms with Crippen molar-refractivity contribution in [3.8, 4) is 5.75 Å². The average molecular weight is 339 g/mol. The fourth-order valence-corrected chi connectivity index (χ4v) is 3.45. The summed E-state index contributed by atoms with van der Waals surface area (Å²) in [5.41, 5.74) is 3.07. The number of ether oxygens (including phenoxy) is 1. The first-order valence-electron chi connectivity index (χ1n) is 9.09. The van der Waals surface area contributed by atoms with E-state index in [1.807, 2.05) is 36.4 Å². The second-order valence-corrected chi connectivity index (χ2v) is 6.72. The quantitative estimate of drug-likeness (QED) is 0.849. The summed E-state index contributed by atoms with van der Waals surface area (Å²) in [6.07, 6.45) is 4.36. The Morgan fingerprint density at radius 1 is 1.04 bits per heavy atom. The Morgan fingerprint density at radius 2 is 1.76 bits per heavy atom. The SMILES string of the molecule is COc1ccccc1CC(=O)Nc1ccc(C[NH+]2CCCCC2)cc1. The average Bonchev–Trinajstić information content (AvgIpc) is 2.64. The molecule has 25 heavy (non-hydrogen) atoms. The van der Waals surface area contributed by atoms with Crippen LogP contribution >= 0.6 is 0 Å². The topological polar surface area (TPSA) is 42.8 Å². The number of hydrogen-bond donors (Lipinski definition) is 2. The van der Waals surface area contributed by atoms with Crippen LogP contribution in [-0.2, 0) is 17.8 Å². The van der Waals surface area contributed by atoms with Gasteiger partial charge in [0, 0.05) is 16.8 Å². The lowest BCUT2D eigenvalue weighted by Crippen LogP contribution is -3.11. The Kier molecular flexibility index (Phi) is 6.07. The molecule has 1 amide bonds. The number of para-hydroxylation sites is 1. The fraction of sp³-hybridized carbons (Fsp3) is 0.381. The van der Waals surface area contributed by atoms with Gasteiger partial charge in [0.15, 0.2) is 0 Å². The van der Waals surface area contributed by atoms with Gasteiger partial charge in [-0.25, -0.2) is 0 Å². The highest BCUT2D eigenvalue weighted by Crippen LogP contribution is 2.18. The first kappa shape index (κ1) is 17.5. The summed E-state index contributed by atoms with van der Waals surface area (Å²) in [5.74, 6) is 0.719. The minimum Gasteiger partial charge on any atom is -0.496 e. The number of amides is 1. The smallest absolute Gasteiger partial charge is 0.228 e. The van der Waals surface area contributed by atoms with E-state index >= 15 is 0 Å². The minimum atomic E-state index is -0.0288. The number of methoxy groups -OCH3 is 1. The third-order valence-electron chi connectivity index (χ3n) is 4.80. The number of piperidine rings is 1. The number of quaternary nitrogens is 1. The lowest BCUT2D eigenvalue weighted by atomic mass is 10.1. The summed E-state index contributed by atoms with van der Waals surface area (Å²) in [6.45, 7) is 3.63. The summed E-state index contributed by atoms with van der Waals surface area (Å²) in [6, 6.07) is 15.9. The highest BCUT2D eigenvalue weighted by atomic mass is 16.5. The van der Waals surface area contributed by atoms with Gasteiger partial charge in [0.1, 0.15) is 12.3 Å². The molecule has 4 nitrogen and oxygen atoms in total. The molecule has 0 aliphatic carbocycles. The van der Waals surface area contributed by atoms with Crippen molar-refractivity contribution in [1.82, 2.24) is 0 Å².